The summed E-state index contributed by atoms with van der Waals surface area (Å²) in [4.78, 5) is 27.5. The number of anilines is 1. The second-order valence-corrected chi connectivity index (χ2v) is 8.42. The van der Waals surface area contributed by atoms with E-state index >= 15 is 0 Å². The number of likely N-dealkylation sites (N-methyl/N-ethyl adjacent to an activating group) is 1. The Morgan fingerprint density at radius 3 is 2.41 bits per heavy atom. The van der Waals surface area contributed by atoms with E-state index in [1.165, 1.54) is 5.56 Å². The third kappa shape index (κ3) is 7.72. The van der Waals surface area contributed by atoms with E-state index in [1.807, 2.05) is 44.6 Å². The molecule has 2 rings (SSSR count). The molecule has 7 heteroatoms. The number of carbonyl (C=O) groups is 2. The van der Waals surface area contributed by atoms with Gasteiger partial charge in [-0.3, -0.25) is 9.59 Å². The zero-order valence-electron chi connectivity index (χ0n) is 17.1. The van der Waals surface area contributed by atoms with Crippen molar-refractivity contribution in [2.45, 2.75) is 18.9 Å². The van der Waals surface area contributed by atoms with Crippen LogP contribution in [0, 0.1) is 0 Å². The van der Waals surface area contributed by atoms with E-state index in [1.54, 1.807) is 36.0 Å². The summed E-state index contributed by atoms with van der Waals surface area (Å²) in [7, 11) is 4.08. The Morgan fingerprint density at radius 2 is 1.79 bits per heavy atom. The van der Waals surface area contributed by atoms with Crippen molar-refractivity contribution in [3.8, 4) is 0 Å². The maximum atomic E-state index is 12.8. The van der Waals surface area contributed by atoms with Crippen LogP contribution in [0.5, 0.6) is 0 Å². The number of benzene rings is 2. The zero-order chi connectivity index (χ0) is 21.2. The van der Waals surface area contributed by atoms with Gasteiger partial charge in [0.25, 0.3) is 5.91 Å². The molecule has 0 saturated carbocycles. The molecule has 0 saturated heterocycles. The summed E-state index contributed by atoms with van der Waals surface area (Å²) in [6, 6.07) is 14.0. The fraction of sp³-hybridized carbons (Fsp3) is 0.364. The Labute approximate surface area is 182 Å². The zero-order valence-corrected chi connectivity index (χ0v) is 18.6. The summed E-state index contributed by atoms with van der Waals surface area (Å²) in [5, 5.41) is 6.09. The first-order valence-electron chi connectivity index (χ1n) is 9.49. The summed E-state index contributed by atoms with van der Waals surface area (Å²) < 4.78 is 0. The lowest BCUT2D eigenvalue weighted by Crippen LogP contribution is -2.44. The van der Waals surface area contributed by atoms with Crippen LogP contribution >= 0.6 is 23.4 Å². The molecule has 5 nitrogen and oxygen atoms in total. The van der Waals surface area contributed by atoms with Gasteiger partial charge in [0.15, 0.2) is 0 Å². The van der Waals surface area contributed by atoms with Crippen LogP contribution in [0.1, 0.15) is 22.3 Å². The largest absolute Gasteiger partial charge is 0.340 e. The topological polar surface area (TPSA) is 61.4 Å². The van der Waals surface area contributed by atoms with Gasteiger partial charge in [-0.15, -0.1) is 0 Å². The lowest BCUT2D eigenvalue weighted by molar-refractivity contribution is -0.118. The second-order valence-electron chi connectivity index (χ2n) is 7.03. The molecule has 0 spiro atoms. The molecule has 0 aliphatic rings. The molecule has 0 heterocycles. The van der Waals surface area contributed by atoms with Gasteiger partial charge < -0.3 is 15.5 Å². The average Bonchev–Trinajstić information content (AvgIpc) is 2.70. The van der Waals surface area contributed by atoms with Crippen LogP contribution in [0.15, 0.2) is 48.5 Å². The Balaban J connectivity index is 2.02. The SMILES string of the molecule is CSCCC(NC(=O)c1ccccc1Cl)C(=O)Nc1ccc(CCN(C)C)cc1. The van der Waals surface area contributed by atoms with E-state index in [0.29, 0.717) is 22.7 Å². The molecule has 2 aromatic carbocycles. The smallest absolute Gasteiger partial charge is 0.253 e. The van der Waals surface area contributed by atoms with Crippen LogP contribution in [0.2, 0.25) is 5.02 Å². The van der Waals surface area contributed by atoms with E-state index in [9.17, 15) is 9.59 Å². The lowest BCUT2D eigenvalue weighted by Gasteiger charge is -2.19. The number of halogens is 1. The lowest BCUT2D eigenvalue weighted by atomic mass is 10.1. The maximum Gasteiger partial charge on any atom is 0.253 e. The standard InChI is InChI=1S/C22H28ClN3O2S/c1-26(2)14-12-16-8-10-17(11-9-16)24-22(28)20(13-15-29-3)25-21(27)18-6-4-5-7-19(18)23/h4-11,20H,12-15H2,1-3H3,(H,24,28)(H,25,27). The predicted octanol–water partition coefficient (Wildman–Crippen LogP) is 3.93. The summed E-state index contributed by atoms with van der Waals surface area (Å²) >= 11 is 7.74. The first-order valence-corrected chi connectivity index (χ1v) is 11.3. The minimum atomic E-state index is -0.639. The highest BCUT2D eigenvalue weighted by atomic mass is 35.5. The second kappa shape index (κ2) is 11.9. The molecule has 2 aromatic rings. The molecule has 0 fully saturated rings. The maximum absolute atomic E-state index is 12.8. The number of carbonyl (C=O) groups excluding carboxylic acids is 2. The predicted molar refractivity (Wildman–Crippen MR) is 123 cm³/mol. The highest BCUT2D eigenvalue weighted by molar-refractivity contribution is 7.98. The molecule has 0 aliphatic heterocycles. The van der Waals surface area contributed by atoms with Crippen molar-refractivity contribution in [1.82, 2.24) is 10.2 Å². The van der Waals surface area contributed by atoms with Gasteiger partial charge in [0.2, 0.25) is 5.91 Å². The van der Waals surface area contributed by atoms with E-state index in [0.717, 1.165) is 18.7 Å². The Morgan fingerprint density at radius 1 is 1.10 bits per heavy atom. The number of thioether (sulfide) groups is 1. The molecule has 0 radical (unpaired) electrons. The third-order valence-corrected chi connectivity index (χ3v) is 5.39. The van der Waals surface area contributed by atoms with Crippen molar-refractivity contribution < 1.29 is 9.59 Å². The molecular weight excluding hydrogens is 406 g/mol. The Hall–Kier alpha value is -2.02. The molecule has 2 N–H and O–H groups in total. The van der Waals surface area contributed by atoms with E-state index in [4.69, 9.17) is 11.6 Å². The first-order chi connectivity index (χ1) is 13.9. The summed E-state index contributed by atoms with van der Waals surface area (Å²) in [6.07, 6.45) is 3.45. The minimum Gasteiger partial charge on any atom is -0.340 e. The molecule has 1 atom stereocenters. The number of hydrogen-bond acceptors (Lipinski definition) is 4. The molecule has 0 aromatic heterocycles. The van der Waals surface area contributed by atoms with Crippen LogP contribution in [0.25, 0.3) is 0 Å². The van der Waals surface area contributed by atoms with Gasteiger partial charge in [-0.2, -0.15) is 11.8 Å². The van der Waals surface area contributed by atoms with Gasteiger partial charge in [0.05, 0.1) is 10.6 Å². The average molecular weight is 434 g/mol. The van der Waals surface area contributed by atoms with Crippen LogP contribution in [-0.4, -0.2) is 55.4 Å². The molecule has 1 unspecified atom stereocenters. The molecule has 29 heavy (non-hydrogen) atoms. The van der Waals surface area contributed by atoms with Crippen molar-refractivity contribution in [2.75, 3.05) is 38.0 Å². The summed E-state index contributed by atoms with van der Waals surface area (Å²) in [5.41, 5.74) is 2.29. The number of nitrogens with one attached hydrogen (secondary N) is 2. The normalized spacial score (nSPS) is 11.9. The van der Waals surface area contributed by atoms with Gasteiger partial charge in [0.1, 0.15) is 6.04 Å². The third-order valence-electron chi connectivity index (χ3n) is 4.42. The van der Waals surface area contributed by atoms with E-state index in [2.05, 4.69) is 15.5 Å². The quantitative estimate of drug-likeness (QED) is 0.595. The number of amides is 2. The fourth-order valence-electron chi connectivity index (χ4n) is 2.72. The monoisotopic (exact) mass is 433 g/mol. The summed E-state index contributed by atoms with van der Waals surface area (Å²) in [5.74, 6) is 0.168. The summed E-state index contributed by atoms with van der Waals surface area (Å²) in [6.45, 7) is 0.969. The fourth-order valence-corrected chi connectivity index (χ4v) is 3.42. The Bertz CT molecular complexity index is 812. The first kappa shape index (κ1) is 23.3. The molecule has 0 aliphatic carbocycles. The van der Waals surface area contributed by atoms with Crippen molar-refractivity contribution in [1.29, 1.82) is 0 Å². The van der Waals surface area contributed by atoms with Crippen molar-refractivity contribution >= 4 is 40.9 Å². The van der Waals surface area contributed by atoms with E-state index < -0.39 is 6.04 Å². The highest BCUT2D eigenvalue weighted by Crippen LogP contribution is 2.16. The van der Waals surface area contributed by atoms with Gasteiger partial charge in [-0.05, 0) is 68.8 Å². The van der Waals surface area contributed by atoms with Crippen molar-refractivity contribution in [3.05, 3.63) is 64.7 Å². The van der Waals surface area contributed by atoms with Gasteiger partial charge in [0, 0.05) is 12.2 Å². The Kier molecular flexibility index (Phi) is 9.51. The van der Waals surface area contributed by atoms with Crippen LogP contribution in [0.3, 0.4) is 0 Å². The molecular formula is C22H28ClN3O2S. The number of hydrogen-bond donors (Lipinski definition) is 2. The minimum absolute atomic E-state index is 0.236. The molecule has 156 valence electrons. The number of nitrogens with zero attached hydrogens (tertiary/aromatic N) is 1. The van der Waals surface area contributed by atoms with Gasteiger partial charge in [-0.25, -0.2) is 0 Å². The molecule has 0 bridgehead atoms. The van der Waals surface area contributed by atoms with Gasteiger partial charge in [-0.1, -0.05) is 35.9 Å². The molecule has 2 amide bonds. The van der Waals surface area contributed by atoms with E-state index in [-0.39, 0.29) is 11.8 Å². The van der Waals surface area contributed by atoms with Crippen LogP contribution in [0.4, 0.5) is 5.69 Å². The highest BCUT2D eigenvalue weighted by Gasteiger charge is 2.22. The van der Waals surface area contributed by atoms with Crippen molar-refractivity contribution in [3.63, 3.8) is 0 Å². The van der Waals surface area contributed by atoms with Crippen LogP contribution < -0.4 is 10.6 Å². The van der Waals surface area contributed by atoms with Gasteiger partial charge >= 0.3 is 0 Å². The van der Waals surface area contributed by atoms with Crippen LogP contribution in [-0.2, 0) is 11.2 Å². The number of rotatable bonds is 10. The van der Waals surface area contributed by atoms with Crippen molar-refractivity contribution in [2.24, 2.45) is 0 Å².